The molecule has 0 aliphatic carbocycles. The summed E-state index contributed by atoms with van der Waals surface area (Å²) in [5, 5.41) is 0. The SMILES string of the molecule is CC(C)(c1ccc(O[P+](=O)Oc2ccccc2)cc1)c1ccc(O[P+](=O)Oc2ccccc2)cc1.Cc1cccc(C)c1OP(=O)(Oc1cccc(OP(=O)(Oc2c(C)cccc2C)Oc2c(C)cccc2C)c1)Oc1c(C)cccc1C. The molecule has 14 nitrogen and oxygen atoms in total. The largest absolute Gasteiger partial charge is 0.805 e. The van der Waals surface area contributed by atoms with Gasteiger partial charge in [0.15, 0.2) is 23.0 Å². The van der Waals surface area contributed by atoms with Gasteiger partial charge in [0, 0.05) is 20.6 Å². The zero-order chi connectivity index (χ0) is 59.3. The number of aryl methyl sites for hydroxylation is 8. The maximum absolute atomic E-state index is 14.5. The molecule has 0 fully saturated rings. The predicted molar refractivity (Wildman–Crippen MR) is 325 cm³/mol. The first kappa shape index (κ1) is 60.7. The lowest BCUT2D eigenvalue weighted by molar-refractivity contribution is 0.292. The molecule has 0 aromatic heterocycles. The van der Waals surface area contributed by atoms with E-state index in [1.165, 1.54) is 6.07 Å². The zero-order valence-electron chi connectivity index (χ0n) is 47.6. The van der Waals surface area contributed by atoms with E-state index in [2.05, 4.69) is 13.8 Å². The summed E-state index contributed by atoms with van der Waals surface area (Å²) in [6.45, 7) is 19.0. The van der Waals surface area contributed by atoms with Crippen LogP contribution in [0.25, 0.3) is 0 Å². The normalized spacial score (nSPS) is 11.6. The molecule has 0 saturated carbocycles. The minimum absolute atomic E-state index is 0.0824. The highest BCUT2D eigenvalue weighted by molar-refractivity contribution is 7.50. The third kappa shape index (κ3) is 16.4. The molecule has 2 unspecified atom stereocenters. The summed E-state index contributed by atoms with van der Waals surface area (Å²) in [5.41, 5.74) is 7.81. The van der Waals surface area contributed by atoms with E-state index in [1.807, 2.05) is 165 Å². The van der Waals surface area contributed by atoms with Gasteiger partial charge in [-0.25, -0.2) is 18.1 Å². The number of phosphoric ester groups is 2. The smallest absolute Gasteiger partial charge is 0.386 e. The molecule has 0 aliphatic rings. The molecule has 0 saturated heterocycles. The Morgan fingerprint density at radius 2 is 0.518 bits per heavy atom. The molecule has 0 radical (unpaired) electrons. The van der Waals surface area contributed by atoms with Crippen molar-refractivity contribution in [2.75, 3.05) is 0 Å². The molecule has 18 heteroatoms. The maximum atomic E-state index is 14.5. The maximum Gasteiger partial charge on any atom is 0.805 e. The van der Waals surface area contributed by atoms with Crippen molar-refractivity contribution in [2.24, 2.45) is 0 Å². The lowest BCUT2D eigenvalue weighted by atomic mass is 9.78. The number of hydrogen-bond acceptors (Lipinski definition) is 14. The second-order valence-electron chi connectivity index (χ2n) is 19.9. The van der Waals surface area contributed by atoms with Crippen LogP contribution < -0.4 is 45.2 Å². The van der Waals surface area contributed by atoms with E-state index in [4.69, 9.17) is 45.2 Å². The van der Waals surface area contributed by atoms with Gasteiger partial charge in [-0.1, -0.05) is 153 Å². The first-order chi connectivity index (χ1) is 39.7. The second-order valence-corrected chi connectivity index (χ2v) is 24.4. The highest BCUT2D eigenvalue weighted by Crippen LogP contribution is 2.55. The van der Waals surface area contributed by atoms with Crippen LogP contribution >= 0.6 is 32.2 Å². The fraction of sp³-hybridized carbons (Fsp3) is 0.169. The van der Waals surface area contributed by atoms with Crippen molar-refractivity contribution in [2.45, 2.75) is 74.7 Å². The molecule has 0 amide bonds. The number of benzene rings is 9. The Morgan fingerprint density at radius 1 is 0.289 bits per heavy atom. The van der Waals surface area contributed by atoms with Crippen LogP contribution in [0.15, 0.2) is 206 Å². The Hall–Kier alpha value is -8.36. The molecule has 9 aromatic rings. The van der Waals surface area contributed by atoms with Crippen LogP contribution in [-0.2, 0) is 23.7 Å². The minimum atomic E-state index is -4.39. The van der Waals surface area contributed by atoms with Gasteiger partial charge in [-0.2, -0.15) is 9.13 Å². The number of para-hydroxylation sites is 6. The van der Waals surface area contributed by atoms with Gasteiger partial charge in [-0.05, 0) is 172 Å². The van der Waals surface area contributed by atoms with Crippen molar-refractivity contribution >= 4 is 32.2 Å². The summed E-state index contributed by atoms with van der Waals surface area (Å²) in [7, 11) is -13.5. The van der Waals surface area contributed by atoms with Crippen LogP contribution in [0.4, 0.5) is 0 Å². The molecule has 0 aliphatic heterocycles. The number of hydrogen-bond donors (Lipinski definition) is 0. The fourth-order valence-corrected chi connectivity index (χ4v) is 12.8. The summed E-state index contributed by atoms with van der Waals surface area (Å²) in [6, 6.07) is 61.1. The lowest BCUT2D eigenvalue weighted by Gasteiger charge is -2.26. The Kier molecular flexibility index (Phi) is 19.9. The van der Waals surface area contributed by atoms with Crippen LogP contribution in [0.5, 0.6) is 57.5 Å². The summed E-state index contributed by atoms with van der Waals surface area (Å²) in [6.07, 6.45) is 0. The molecular weight excluding hydrogens is 1130 g/mol. The van der Waals surface area contributed by atoms with E-state index in [-0.39, 0.29) is 16.9 Å². The predicted octanol–water partition coefficient (Wildman–Crippen LogP) is 19.7. The standard InChI is InChI=1S/C38H40O8P2.C27H24O6P2/c1-25-14-9-15-26(2)35(25)43-47(39,44-36-27(3)16-10-17-28(36)4)41-33-22-13-23-34(24-33)42-48(40,45-37-29(5)18-11-19-30(37)6)46-38-31(7)20-12-21-32(38)8;1-27(2,21-13-17-25(18-14-21)32-34(28)30-23-9-5-3-6-10-23)22-15-19-26(20-16-22)33-35(29)31-24-11-7-4-8-12-24/h9-24H,1-8H3;3-20H,1-2H3/q;+2. The highest BCUT2D eigenvalue weighted by atomic mass is 31.2. The van der Waals surface area contributed by atoms with Crippen molar-refractivity contribution in [3.63, 3.8) is 0 Å². The molecule has 0 spiro atoms. The molecular formula is C65H64O14P4+2. The number of rotatable bonds is 22. The van der Waals surface area contributed by atoms with E-state index < -0.39 is 32.2 Å². The van der Waals surface area contributed by atoms with Crippen LogP contribution in [0.3, 0.4) is 0 Å². The fourth-order valence-electron chi connectivity index (χ4n) is 8.55. The highest BCUT2D eigenvalue weighted by Gasteiger charge is 2.38. The van der Waals surface area contributed by atoms with Crippen LogP contribution in [0.1, 0.15) is 69.5 Å². The van der Waals surface area contributed by atoms with Crippen molar-refractivity contribution < 1.29 is 63.5 Å². The first-order valence-corrected chi connectivity index (χ1v) is 31.5. The Balaban J connectivity index is 0.000000228. The van der Waals surface area contributed by atoms with Gasteiger partial charge >= 0.3 is 32.2 Å². The topological polar surface area (TPSA) is 161 Å². The van der Waals surface area contributed by atoms with Gasteiger partial charge in [0.1, 0.15) is 34.5 Å². The number of phosphoric acid groups is 2. The van der Waals surface area contributed by atoms with E-state index >= 15 is 0 Å². The summed E-state index contributed by atoms with van der Waals surface area (Å²) < 4.78 is 111. The Labute approximate surface area is 487 Å². The molecule has 0 heterocycles. The Morgan fingerprint density at radius 3 is 0.783 bits per heavy atom. The van der Waals surface area contributed by atoms with Crippen LogP contribution in [0.2, 0.25) is 0 Å². The third-order valence-electron chi connectivity index (χ3n) is 13.0. The van der Waals surface area contributed by atoms with Crippen molar-refractivity contribution in [3.05, 3.63) is 262 Å². The Bertz CT molecular complexity index is 3380. The average Bonchev–Trinajstić information content (AvgIpc) is 3.64. The van der Waals surface area contributed by atoms with Gasteiger partial charge in [0.25, 0.3) is 0 Å². The van der Waals surface area contributed by atoms with E-state index in [9.17, 15) is 18.3 Å². The second kappa shape index (κ2) is 27.1. The zero-order valence-corrected chi connectivity index (χ0v) is 51.2. The van der Waals surface area contributed by atoms with E-state index in [0.717, 1.165) is 55.6 Å². The van der Waals surface area contributed by atoms with Crippen molar-refractivity contribution in [1.82, 2.24) is 0 Å². The van der Waals surface area contributed by atoms with Gasteiger partial charge in [0.05, 0.1) is 0 Å². The van der Waals surface area contributed by atoms with E-state index in [0.29, 0.717) is 46.0 Å². The molecule has 0 N–H and O–H groups in total. The average molecular weight is 1190 g/mol. The van der Waals surface area contributed by atoms with Gasteiger partial charge in [-0.15, -0.1) is 0 Å². The quantitative estimate of drug-likeness (QED) is 0.0590. The summed E-state index contributed by atoms with van der Waals surface area (Å²) in [5.74, 6) is 3.56. The molecule has 426 valence electrons. The van der Waals surface area contributed by atoms with Gasteiger partial charge in [-0.3, -0.25) is 0 Å². The van der Waals surface area contributed by atoms with Gasteiger partial charge < -0.3 is 27.1 Å². The molecule has 9 rings (SSSR count). The molecule has 9 aromatic carbocycles. The van der Waals surface area contributed by atoms with E-state index in [1.54, 1.807) is 91.0 Å². The summed E-state index contributed by atoms with van der Waals surface area (Å²) in [4.78, 5) is 0. The summed E-state index contributed by atoms with van der Waals surface area (Å²) >= 11 is 0. The molecule has 0 bridgehead atoms. The third-order valence-corrected chi connectivity index (χ3v) is 17.0. The monoisotopic (exact) mass is 1190 g/mol. The lowest BCUT2D eigenvalue weighted by Crippen LogP contribution is -2.18. The minimum Gasteiger partial charge on any atom is -0.386 e. The molecule has 2 atom stereocenters. The van der Waals surface area contributed by atoms with Crippen molar-refractivity contribution in [1.29, 1.82) is 0 Å². The molecule has 83 heavy (non-hydrogen) atoms. The first-order valence-electron chi connectivity index (χ1n) is 26.4. The van der Waals surface area contributed by atoms with Crippen LogP contribution in [-0.4, -0.2) is 0 Å². The van der Waals surface area contributed by atoms with Crippen LogP contribution in [0, 0.1) is 55.4 Å². The van der Waals surface area contributed by atoms with Crippen molar-refractivity contribution in [3.8, 4) is 57.5 Å². The van der Waals surface area contributed by atoms with Gasteiger partial charge in [0.2, 0.25) is 0 Å².